The van der Waals surface area contributed by atoms with Gasteiger partial charge in [-0.15, -0.1) is 18.3 Å². The van der Waals surface area contributed by atoms with Crippen LogP contribution in [0.25, 0.3) is 0 Å². The third-order valence-corrected chi connectivity index (χ3v) is 3.21. The van der Waals surface area contributed by atoms with Crippen LogP contribution in [0.5, 0.6) is 0 Å². The number of carboxylic acid groups (broad SMARTS) is 1. The second kappa shape index (κ2) is 8.80. The zero-order chi connectivity index (χ0) is 15.7. The highest BCUT2D eigenvalue weighted by molar-refractivity contribution is 8.00. The average Bonchev–Trinajstić information content (AvgIpc) is 2.45. The minimum atomic E-state index is -0.956. The molecule has 1 aromatic rings. The van der Waals surface area contributed by atoms with Gasteiger partial charge < -0.3 is 15.7 Å². The third kappa shape index (κ3) is 6.62. The Bertz CT molecular complexity index is 528. The molecule has 0 aromatic heterocycles. The Balaban J connectivity index is 2.46. The molecule has 0 saturated carbocycles. The molecule has 0 aliphatic carbocycles. The molecule has 6 nitrogen and oxygen atoms in total. The fraction of sp³-hybridized carbons (Fsp3) is 0.214. The van der Waals surface area contributed by atoms with Crippen LogP contribution in [-0.4, -0.2) is 40.9 Å². The van der Waals surface area contributed by atoms with Crippen LogP contribution in [0.2, 0.25) is 0 Å². The summed E-state index contributed by atoms with van der Waals surface area (Å²) in [5, 5.41) is 13.7. The van der Waals surface area contributed by atoms with Gasteiger partial charge in [0, 0.05) is 17.8 Å². The second-order valence-corrected chi connectivity index (χ2v) is 5.00. The van der Waals surface area contributed by atoms with Crippen molar-refractivity contribution in [1.82, 2.24) is 5.32 Å². The van der Waals surface area contributed by atoms with Crippen molar-refractivity contribution < 1.29 is 19.5 Å². The van der Waals surface area contributed by atoms with E-state index in [-0.39, 0.29) is 23.3 Å². The lowest BCUT2D eigenvalue weighted by Crippen LogP contribution is -2.23. The van der Waals surface area contributed by atoms with Crippen molar-refractivity contribution in [2.45, 2.75) is 0 Å². The summed E-state index contributed by atoms with van der Waals surface area (Å²) in [6, 6.07) is 6.42. The fourth-order valence-corrected chi connectivity index (χ4v) is 1.93. The van der Waals surface area contributed by atoms with Gasteiger partial charge >= 0.3 is 5.97 Å². The number of hydrogen-bond acceptors (Lipinski definition) is 4. The van der Waals surface area contributed by atoms with Crippen molar-refractivity contribution >= 4 is 35.2 Å². The number of rotatable bonds is 8. The molecule has 1 aromatic carbocycles. The zero-order valence-corrected chi connectivity index (χ0v) is 12.1. The van der Waals surface area contributed by atoms with Gasteiger partial charge in [0.25, 0.3) is 5.91 Å². The Morgan fingerprint density at radius 2 is 1.86 bits per heavy atom. The summed E-state index contributed by atoms with van der Waals surface area (Å²) < 4.78 is 0. The number of benzene rings is 1. The van der Waals surface area contributed by atoms with E-state index in [2.05, 4.69) is 17.2 Å². The van der Waals surface area contributed by atoms with Gasteiger partial charge in [0.1, 0.15) is 0 Å². The Hall–Kier alpha value is -2.28. The number of carbonyl (C=O) groups is 3. The first-order valence-corrected chi connectivity index (χ1v) is 7.27. The fourth-order valence-electron chi connectivity index (χ4n) is 1.40. The lowest BCUT2D eigenvalue weighted by atomic mass is 10.2. The Morgan fingerprint density at radius 3 is 2.43 bits per heavy atom. The monoisotopic (exact) mass is 308 g/mol. The minimum absolute atomic E-state index is 0.0634. The number of carboxylic acids is 1. The van der Waals surface area contributed by atoms with E-state index >= 15 is 0 Å². The number of hydrogen-bond donors (Lipinski definition) is 3. The first kappa shape index (κ1) is 16.8. The van der Waals surface area contributed by atoms with E-state index in [9.17, 15) is 14.4 Å². The molecule has 0 atom stereocenters. The molecule has 0 unspecified atom stereocenters. The van der Waals surface area contributed by atoms with Crippen molar-refractivity contribution in [2.24, 2.45) is 0 Å². The summed E-state index contributed by atoms with van der Waals surface area (Å²) in [4.78, 5) is 33.5. The van der Waals surface area contributed by atoms with E-state index < -0.39 is 5.97 Å². The highest BCUT2D eigenvalue weighted by Crippen LogP contribution is 2.10. The summed E-state index contributed by atoms with van der Waals surface area (Å²) in [6.07, 6.45) is 1.58. The highest BCUT2D eigenvalue weighted by Gasteiger charge is 2.07. The van der Waals surface area contributed by atoms with Crippen molar-refractivity contribution in [3.63, 3.8) is 0 Å². The van der Waals surface area contributed by atoms with E-state index in [0.717, 1.165) is 11.8 Å². The van der Waals surface area contributed by atoms with Crippen LogP contribution in [0.3, 0.4) is 0 Å². The third-order valence-electron chi connectivity index (χ3n) is 2.30. The molecule has 0 bridgehead atoms. The highest BCUT2D eigenvalue weighted by atomic mass is 32.2. The molecule has 0 saturated heterocycles. The molecule has 3 N–H and O–H groups in total. The molecule has 0 fully saturated rings. The van der Waals surface area contributed by atoms with Crippen molar-refractivity contribution in [3.8, 4) is 0 Å². The predicted molar refractivity (Wildman–Crippen MR) is 82.6 cm³/mol. The average molecular weight is 308 g/mol. The minimum Gasteiger partial charge on any atom is -0.481 e. The van der Waals surface area contributed by atoms with Crippen molar-refractivity contribution in [2.75, 3.05) is 23.4 Å². The van der Waals surface area contributed by atoms with Gasteiger partial charge in [-0.25, -0.2) is 0 Å². The zero-order valence-electron chi connectivity index (χ0n) is 11.3. The number of thioether (sulfide) groups is 1. The SMILES string of the molecule is C=CCNC(=O)c1ccc(NC(=O)CSCC(=O)O)cc1. The first-order valence-electron chi connectivity index (χ1n) is 6.11. The summed E-state index contributed by atoms with van der Waals surface area (Å²) in [6.45, 7) is 3.89. The van der Waals surface area contributed by atoms with E-state index in [1.165, 1.54) is 0 Å². The van der Waals surface area contributed by atoms with E-state index in [4.69, 9.17) is 5.11 Å². The first-order chi connectivity index (χ1) is 10.0. The molecule has 1 rings (SSSR count). The molecule has 0 radical (unpaired) electrons. The molecule has 2 amide bonds. The second-order valence-electron chi connectivity index (χ2n) is 4.01. The number of anilines is 1. The van der Waals surface area contributed by atoms with Gasteiger partial charge in [-0.05, 0) is 24.3 Å². The van der Waals surface area contributed by atoms with Crippen molar-refractivity contribution in [3.05, 3.63) is 42.5 Å². The lowest BCUT2D eigenvalue weighted by molar-refractivity contribution is -0.133. The summed E-state index contributed by atoms with van der Waals surface area (Å²) in [5.41, 5.74) is 1.03. The van der Waals surface area contributed by atoms with Crippen LogP contribution in [0.4, 0.5) is 5.69 Å². The van der Waals surface area contributed by atoms with E-state index in [1.54, 1.807) is 30.3 Å². The molecule has 0 heterocycles. The number of amides is 2. The van der Waals surface area contributed by atoms with Gasteiger partial charge in [-0.1, -0.05) is 6.08 Å². The van der Waals surface area contributed by atoms with Gasteiger partial charge in [-0.2, -0.15) is 0 Å². The Kier molecular flexibility index (Phi) is 7.03. The lowest BCUT2D eigenvalue weighted by Gasteiger charge is -2.06. The Morgan fingerprint density at radius 1 is 1.19 bits per heavy atom. The quantitative estimate of drug-likeness (QED) is 0.630. The number of nitrogens with one attached hydrogen (secondary N) is 2. The summed E-state index contributed by atoms with van der Waals surface area (Å²) in [7, 11) is 0. The molecule has 0 aliphatic heterocycles. The van der Waals surface area contributed by atoms with Crippen LogP contribution >= 0.6 is 11.8 Å². The molecule has 7 heteroatoms. The topological polar surface area (TPSA) is 95.5 Å². The normalized spacial score (nSPS) is 9.71. The Labute approximate surface area is 126 Å². The maximum absolute atomic E-state index is 11.6. The van der Waals surface area contributed by atoms with Crippen LogP contribution < -0.4 is 10.6 Å². The van der Waals surface area contributed by atoms with Crippen molar-refractivity contribution in [1.29, 1.82) is 0 Å². The van der Waals surface area contributed by atoms with Crippen LogP contribution in [0, 0.1) is 0 Å². The molecule has 0 spiro atoms. The maximum atomic E-state index is 11.6. The smallest absolute Gasteiger partial charge is 0.313 e. The molecular formula is C14H16N2O4S. The molecule has 0 aliphatic rings. The summed E-state index contributed by atoms with van der Waals surface area (Å²) in [5.74, 6) is -1.51. The maximum Gasteiger partial charge on any atom is 0.313 e. The van der Waals surface area contributed by atoms with Gasteiger partial charge in [0.15, 0.2) is 0 Å². The standard InChI is InChI=1S/C14H16N2O4S/c1-2-7-15-14(20)10-3-5-11(6-4-10)16-12(17)8-21-9-13(18)19/h2-6H,1,7-9H2,(H,15,20)(H,16,17)(H,18,19). The number of aliphatic carboxylic acids is 1. The van der Waals surface area contributed by atoms with Gasteiger partial charge in [0.05, 0.1) is 11.5 Å². The van der Waals surface area contributed by atoms with Crippen LogP contribution in [-0.2, 0) is 9.59 Å². The van der Waals surface area contributed by atoms with Crippen LogP contribution in [0.15, 0.2) is 36.9 Å². The molecular weight excluding hydrogens is 292 g/mol. The van der Waals surface area contributed by atoms with E-state index in [1.807, 2.05) is 0 Å². The molecule has 21 heavy (non-hydrogen) atoms. The largest absolute Gasteiger partial charge is 0.481 e. The van der Waals surface area contributed by atoms with Crippen LogP contribution in [0.1, 0.15) is 10.4 Å². The van der Waals surface area contributed by atoms with Gasteiger partial charge in [-0.3, -0.25) is 14.4 Å². The van der Waals surface area contributed by atoms with E-state index in [0.29, 0.717) is 17.8 Å². The van der Waals surface area contributed by atoms with Gasteiger partial charge in [0.2, 0.25) is 5.91 Å². The molecule has 112 valence electrons. The summed E-state index contributed by atoms with van der Waals surface area (Å²) >= 11 is 1.02. The number of carbonyl (C=O) groups excluding carboxylic acids is 2. The predicted octanol–water partition coefficient (Wildman–Crippen LogP) is 1.36.